The van der Waals surface area contributed by atoms with Gasteiger partial charge in [0, 0.05) is 17.8 Å². The number of rotatable bonds is 5. The lowest BCUT2D eigenvalue weighted by Gasteiger charge is -2.14. The Balaban J connectivity index is 2.91. The Labute approximate surface area is 110 Å². The van der Waals surface area contributed by atoms with E-state index in [4.69, 9.17) is 31.8 Å². The van der Waals surface area contributed by atoms with E-state index in [0.29, 0.717) is 12.4 Å². The average molecular weight is 299 g/mol. The molecule has 1 atom stereocenters. The molecule has 0 fully saturated rings. The normalized spacial score (nSPS) is 13.4. The molecule has 0 spiro atoms. The molecule has 17 heavy (non-hydrogen) atoms. The number of hydrogen-bond acceptors (Lipinski definition) is 4. The summed E-state index contributed by atoms with van der Waals surface area (Å²) in [7, 11) is 2.98. The Bertz CT molecular complexity index is 487. The summed E-state index contributed by atoms with van der Waals surface area (Å²) in [6, 6.07) is 4.05. The maximum Gasteiger partial charge on any atom is 0.261 e. The van der Waals surface area contributed by atoms with Crippen LogP contribution in [0.25, 0.3) is 0 Å². The maximum atomic E-state index is 11.1. The molecule has 96 valence electrons. The smallest absolute Gasteiger partial charge is 0.261 e. The molecule has 0 aliphatic heterocycles. The van der Waals surface area contributed by atoms with Crippen molar-refractivity contribution in [3.8, 4) is 5.75 Å². The highest BCUT2D eigenvalue weighted by atomic mass is 35.7. The highest BCUT2D eigenvalue weighted by molar-refractivity contribution is 8.13. The lowest BCUT2D eigenvalue weighted by Crippen LogP contribution is -2.18. The Hall–Kier alpha value is -0.490. The quantitative estimate of drug-likeness (QED) is 0.784. The fourth-order valence-corrected chi connectivity index (χ4v) is 2.28. The van der Waals surface area contributed by atoms with Crippen LogP contribution in [0, 0.1) is 0 Å². The summed E-state index contributed by atoms with van der Waals surface area (Å²) in [5.74, 6) is 0.389. The number of benzene rings is 1. The van der Waals surface area contributed by atoms with Crippen molar-refractivity contribution in [1.82, 2.24) is 0 Å². The molecule has 0 saturated heterocycles. The van der Waals surface area contributed by atoms with Crippen LogP contribution < -0.4 is 4.74 Å². The minimum atomic E-state index is -3.77. The fraction of sp³-hybridized carbons (Fsp3) is 0.400. The van der Waals surface area contributed by atoms with Gasteiger partial charge in [0.2, 0.25) is 0 Å². The van der Waals surface area contributed by atoms with Crippen LogP contribution in [-0.2, 0) is 13.8 Å². The third kappa shape index (κ3) is 4.35. The molecule has 1 aromatic rings. The van der Waals surface area contributed by atoms with E-state index in [2.05, 4.69) is 0 Å². The van der Waals surface area contributed by atoms with Gasteiger partial charge in [0.25, 0.3) is 9.05 Å². The molecule has 0 saturated carbocycles. The third-order valence-electron chi connectivity index (χ3n) is 1.91. The Morgan fingerprint density at radius 2 is 2.06 bits per heavy atom. The van der Waals surface area contributed by atoms with Crippen molar-refractivity contribution in [2.45, 2.75) is 17.9 Å². The van der Waals surface area contributed by atoms with E-state index in [-0.39, 0.29) is 16.0 Å². The molecule has 0 aliphatic carbocycles. The van der Waals surface area contributed by atoms with Crippen molar-refractivity contribution in [1.29, 1.82) is 0 Å². The van der Waals surface area contributed by atoms with Crippen LogP contribution in [0.2, 0.25) is 5.02 Å². The van der Waals surface area contributed by atoms with Crippen molar-refractivity contribution in [2.75, 3.05) is 13.7 Å². The van der Waals surface area contributed by atoms with Crippen molar-refractivity contribution in [3.63, 3.8) is 0 Å². The van der Waals surface area contributed by atoms with Crippen LogP contribution in [0.1, 0.15) is 6.92 Å². The molecule has 7 heteroatoms. The molecule has 0 aromatic heterocycles. The zero-order valence-electron chi connectivity index (χ0n) is 9.31. The number of hydrogen-bond donors (Lipinski definition) is 0. The first kappa shape index (κ1) is 14.6. The predicted molar refractivity (Wildman–Crippen MR) is 66.5 cm³/mol. The van der Waals surface area contributed by atoms with E-state index in [1.165, 1.54) is 18.2 Å². The van der Waals surface area contributed by atoms with Gasteiger partial charge in [-0.15, -0.1) is 0 Å². The molecule has 0 heterocycles. The largest absolute Gasteiger partial charge is 0.487 e. The van der Waals surface area contributed by atoms with E-state index in [1.54, 1.807) is 7.11 Å². The summed E-state index contributed by atoms with van der Waals surface area (Å²) >= 11 is 5.89. The van der Waals surface area contributed by atoms with Gasteiger partial charge in [0.15, 0.2) is 0 Å². The van der Waals surface area contributed by atoms with Gasteiger partial charge in [-0.25, -0.2) is 8.42 Å². The van der Waals surface area contributed by atoms with E-state index in [0.717, 1.165) is 0 Å². The van der Waals surface area contributed by atoms with Gasteiger partial charge in [-0.2, -0.15) is 0 Å². The zero-order valence-corrected chi connectivity index (χ0v) is 11.6. The van der Waals surface area contributed by atoms with Crippen LogP contribution in [0.15, 0.2) is 23.1 Å². The Morgan fingerprint density at radius 1 is 1.41 bits per heavy atom. The van der Waals surface area contributed by atoms with Gasteiger partial charge in [-0.1, -0.05) is 11.6 Å². The summed E-state index contributed by atoms with van der Waals surface area (Å²) in [6.07, 6.45) is -0.184. The minimum absolute atomic E-state index is 0.0593. The standard InChI is InChI=1S/C10H12Cl2O4S/c1-7(6-15-2)16-10-4-3-8(5-9(10)11)17(12,13)14/h3-5,7H,6H2,1-2H3. The highest BCUT2D eigenvalue weighted by Crippen LogP contribution is 2.29. The minimum Gasteiger partial charge on any atom is -0.487 e. The molecule has 1 unspecified atom stereocenters. The monoisotopic (exact) mass is 298 g/mol. The van der Waals surface area contributed by atoms with Gasteiger partial charge in [-0.05, 0) is 25.1 Å². The Kier molecular flexibility index (Phi) is 5.06. The van der Waals surface area contributed by atoms with Gasteiger partial charge < -0.3 is 9.47 Å². The van der Waals surface area contributed by atoms with E-state index in [9.17, 15) is 8.42 Å². The molecule has 0 N–H and O–H groups in total. The van der Waals surface area contributed by atoms with Gasteiger partial charge in [0.05, 0.1) is 16.5 Å². The first-order valence-electron chi connectivity index (χ1n) is 4.74. The van der Waals surface area contributed by atoms with E-state index >= 15 is 0 Å². The van der Waals surface area contributed by atoms with Crippen molar-refractivity contribution < 1.29 is 17.9 Å². The number of halogens is 2. The Morgan fingerprint density at radius 3 is 2.53 bits per heavy atom. The van der Waals surface area contributed by atoms with E-state index < -0.39 is 9.05 Å². The molecule has 0 radical (unpaired) electrons. The van der Waals surface area contributed by atoms with Crippen molar-refractivity contribution in [3.05, 3.63) is 23.2 Å². The van der Waals surface area contributed by atoms with Crippen molar-refractivity contribution in [2.24, 2.45) is 0 Å². The third-order valence-corrected chi connectivity index (χ3v) is 3.56. The lowest BCUT2D eigenvalue weighted by atomic mass is 10.3. The second kappa shape index (κ2) is 5.91. The summed E-state index contributed by atoms with van der Waals surface area (Å²) in [5.41, 5.74) is 0. The van der Waals surface area contributed by atoms with Crippen LogP contribution in [-0.4, -0.2) is 28.2 Å². The first-order valence-corrected chi connectivity index (χ1v) is 7.43. The molecular weight excluding hydrogens is 287 g/mol. The van der Waals surface area contributed by atoms with Crippen molar-refractivity contribution >= 4 is 31.3 Å². The first-order chi connectivity index (χ1) is 7.84. The molecule has 0 aliphatic rings. The van der Waals surface area contributed by atoms with Crippen LogP contribution in [0.4, 0.5) is 0 Å². The SMILES string of the molecule is COCC(C)Oc1ccc(S(=O)(=O)Cl)cc1Cl. The van der Waals surface area contributed by atoms with Gasteiger partial charge >= 0.3 is 0 Å². The van der Waals surface area contributed by atoms with Crippen LogP contribution in [0.3, 0.4) is 0 Å². The second-order valence-corrected chi connectivity index (χ2v) is 6.39. The van der Waals surface area contributed by atoms with Gasteiger partial charge in [0.1, 0.15) is 11.9 Å². The molecular formula is C10H12Cl2O4S. The van der Waals surface area contributed by atoms with Crippen LogP contribution >= 0.6 is 22.3 Å². The second-order valence-electron chi connectivity index (χ2n) is 3.41. The summed E-state index contributed by atoms with van der Waals surface area (Å²) in [6.45, 7) is 2.22. The molecule has 1 rings (SSSR count). The van der Waals surface area contributed by atoms with E-state index in [1.807, 2.05) is 6.92 Å². The zero-order chi connectivity index (χ0) is 13.1. The summed E-state index contributed by atoms with van der Waals surface area (Å²) in [5, 5.41) is 0.190. The summed E-state index contributed by atoms with van der Waals surface area (Å²) < 4.78 is 32.5. The average Bonchev–Trinajstić information content (AvgIpc) is 2.20. The molecule has 0 amide bonds. The molecule has 0 bridgehead atoms. The number of ether oxygens (including phenoxy) is 2. The molecule has 4 nitrogen and oxygen atoms in total. The molecule has 1 aromatic carbocycles. The predicted octanol–water partition coefficient (Wildman–Crippen LogP) is 2.68. The van der Waals surface area contributed by atoms with Crippen LogP contribution in [0.5, 0.6) is 5.75 Å². The number of methoxy groups -OCH3 is 1. The maximum absolute atomic E-state index is 11.1. The fourth-order valence-electron chi connectivity index (χ4n) is 1.21. The highest BCUT2D eigenvalue weighted by Gasteiger charge is 2.14. The summed E-state index contributed by atoms with van der Waals surface area (Å²) in [4.78, 5) is -0.0593. The van der Waals surface area contributed by atoms with Gasteiger partial charge in [-0.3, -0.25) is 0 Å². The lowest BCUT2D eigenvalue weighted by molar-refractivity contribution is 0.0921. The topological polar surface area (TPSA) is 52.6 Å².